The predicted molar refractivity (Wildman–Crippen MR) is 150 cm³/mol. The first-order valence-corrected chi connectivity index (χ1v) is 15.7. The molecule has 0 bridgehead atoms. The van der Waals surface area contributed by atoms with Crippen molar-refractivity contribution in [2.45, 2.75) is 147 Å². The largest absolute Gasteiger partial charge is 0.590 e. The minimum absolute atomic E-state index is 0.519. The molecular weight excluding hydrogens is 437 g/mol. The first kappa shape index (κ1) is 33.5. The first-order valence-electron chi connectivity index (χ1n) is 14.5. The van der Waals surface area contributed by atoms with E-state index in [4.69, 9.17) is 0 Å². The summed E-state index contributed by atoms with van der Waals surface area (Å²) < 4.78 is 12.6. The van der Waals surface area contributed by atoms with Gasteiger partial charge >= 0.3 is 8.03 Å². The second-order valence-corrected chi connectivity index (χ2v) is 12.5. The molecule has 0 saturated carbocycles. The molecule has 2 unspecified atom stereocenters. The van der Waals surface area contributed by atoms with E-state index in [0.717, 1.165) is 32.1 Å². The summed E-state index contributed by atoms with van der Waals surface area (Å²) in [5.41, 5.74) is 0. The molecule has 3 nitrogen and oxygen atoms in total. The maximum Gasteiger partial charge on any atom is 0.376 e. The van der Waals surface area contributed by atoms with Gasteiger partial charge in [0, 0.05) is 12.8 Å². The summed E-state index contributed by atoms with van der Waals surface area (Å²) >= 11 is 0. The Morgan fingerprint density at radius 2 is 1.06 bits per heavy atom. The molecule has 0 spiro atoms. The Morgan fingerprint density at radius 3 is 1.41 bits per heavy atom. The lowest BCUT2D eigenvalue weighted by Crippen LogP contribution is -2.55. The fourth-order valence-corrected chi connectivity index (χ4v) is 6.26. The third-order valence-electron chi connectivity index (χ3n) is 7.38. The van der Waals surface area contributed by atoms with E-state index < -0.39 is 13.3 Å². The van der Waals surface area contributed by atoms with Crippen LogP contribution in [0.5, 0.6) is 0 Å². The summed E-state index contributed by atoms with van der Waals surface area (Å²) in [6, 6.07) is 0. The van der Waals surface area contributed by atoms with E-state index in [2.05, 4.69) is 25.7 Å². The zero-order valence-electron chi connectivity index (χ0n) is 23.5. The Hall–Kier alpha value is -0.500. The van der Waals surface area contributed by atoms with Gasteiger partial charge in [0.1, 0.15) is 0 Å². The third-order valence-corrected chi connectivity index (χ3v) is 9.11. The van der Waals surface area contributed by atoms with Crippen molar-refractivity contribution in [2.24, 2.45) is 0 Å². The van der Waals surface area contributed by atoms with Crippen LogP contribution < -0.4 is 4.89 Å². The van der Waals surface area contributed by atoms with Gasteiger partial charge < -0.3 is 4.89 Å². The number of quaternary nitrogens is 1. The molecular formula is C30H59NO2P+. The van der Waals surface area contributed by atoms with Crippen molar-refractivity contribution in [1.29, 1.82) is 0 Å². The Labute approximate surface area is 214 Å². The van der Waals surface area contributed by atoms with Gasteiger partial charge in [-0.2, -0.15) is 0 Å². The van der Waals surface area contributed by atoms with Gasteiger partial charge in [-0.15, -0.1) is 6.58 Å². The summed E-state index contributed by atoms with van der Waals surface area (Å²) in [5.74, 6) is 0. The quantitative estimate of drug-likeness (QED) is 0.0546. The number of rotatable bonds is 25. The van der Waals surface area contributed by atoms with Crippen molar-refractivity contribution < 1.29 is 13.9 Å². The lowest BCUT2D eigenvalue weighted by Gasteiger charge is -2.39. The number of unbranched alkanes of at least 4 members (excludes halogenated alkanes) is 16. The van der Waals surface area contributed by atoms with Gasteiger partial charge in [0.15, 0.2) is 0 Å². The average molecular weight is 497 g/mol. The molecule has 200 valence electrons. The van der Waals surface area contributed by atoms with Gasteiger partial charge in [0.05, 0.1) is 21.1 Å². The number of allylic oxidation sites excluding steroid dienone is 3. The Morgan fingerprint density at radius 1 is 0.676 bits per heavy atom. The highest BCUT2D eigenvalue weighted by molar-refractivity contribution is 7.38. The molecule has 0 radical (unpaired) electrons. The van der Waals surface area contributed by atoms with Crippen LogP contribution in [0, 0.1) is 0 Å². The molecule has 0 aromatic heterocycles. The van der Waals surface area contributed by atoms with Gasteiger partial charge in [-0.05, 0) is 51.4 Å². The van der Waals surface area contributed by atoms with E-state index in [1.165, 1.54) is 103 Å². The molecule has 0 rings (SSSR count). The molecule has 0 aliphatic heterocycles. The second-order valence-electron chi connectivity index (χ2n) is 11.2. The van der Waals surface area contributed by atoms with Gasteiger partial charge in [0.2, 0.25) is 0 Å². The zero-order valence-corrected chi connectivity index (χ0v) is 24.4. The van der Waals surface area contributed by atoms with Crippen LogP contribution in [0.4, 0.5) is 0 Å². The van der Waals surface area contributed by atoms with Crippen LogP contribution in [0.15, 0.2) is 24.8 Å². The normalized spacial score (nSPS) is 14.4. The summed E-state index contributed by atoms with van der Waals surface area (Å²) in [4.78, 5) is 12.1. The highest BCUT2D eigenvalue weighted by atomic mass is 31.1. The molecule has 0 aromatic carbocycles. The van der Waals surface area contributed by atoms with Gasteiger partial charge in [-0.3, -0.25) is 4.48 Å². The molecule has 34 heavy (non-hydrogen) atoms. The molecule has 0 N–H and O–H groups in total. The van der Waals surface area contributed by atoms with Crippen LogP contribution >= 0.6 is 8.03 Å². The SMILES string of the molecule is C=CCCCCCCCCC/C=C\CCCCCCCCCCC(CCC)([P+](=O)[O-])[N+](C)(C)C. The van der Waals surface area contributed by atoms with E-state index in [0.29, 0.717) is 4.48 Å². The molecule has 0 aliphatic rings. The van der Waals surface area contributed by atoms with Crippen molar-refractivity contribution in [1.82, 2.24) is 0 Å². The lowest BCUT2D eigenvalue weighted by molar-refractivity contribution is -0.910. The second kappa shape index (κ2) is 21.8. The number of nitrogens with zero attached hydrogens (tertiary/aromatic N) is 1. The smallest absolute Gasteiger partial charge is 0.376 e. The molecule has 2 atom stereocenters. The Balaban J connectivity index is 3.58. The van der Waals surface area contributed by atoms with E-state index in [1.54, 1.807) is 0 Å². The first-order chi connectivity index (χ1) is 16.3. The van der Waals surface area contributed by atoms with Gasteiger partial charge in [0.25, 0.3) is 5.28 Å². The van der Waals surface area contributed by atoms with Crippen LogP contribution in [-0.4, -0.2) is 30.9 Å². The average Bonchev–Trinajstić information content (AvgIpc) is 2.78. The molecule has 4 heteroatoms. The molecule has 0 amide bonds. The third kappa shape index (κ3) is 16.2. The zero-order chi connectivity index (χ0) is 25.5. The van der Waals surface area contributed by atoms with Gasteiger partial charge in [-0.1, -0.05) is 100 Å². The van der Waals surface area contributed by atoms with E-state index >= 15 is 0 Å². The highest BCUT2D eigenvalue weighted by Gasteiger charge is 2.53. The topological polar surface area (TPSA) is 40.1 Å². The minimum atomic E-state index is -2.43. The molecule has 0 heterocycles. The minimum Gasteiger partial charge on any atom is -0.590 e. The van der Waals surface area contributed by atoms with Crippen molar-refractivity contribution >= 4 is 8.03 Å². The van der Waals surface area contributed by atoms with Crippen LogP contribution in [0.25, 0.3) is 0 Å². The van der Waals surface area contributed by atoms with E-state index in [-0.39, 0.29) is 0 Å². The lowest BCUT2D eigenvalue weighted by atomic mass is 9.99. The summed E-state index contributed by atoms with van der Waals surface area (Å²) in [6.45, 7) is 5.87. The molecule has 0 saturated heterocycles. The maximum atomic E-state index is 12.1. The summed E-state index contributed by atoms with van der Waals surface area (Å²) in [6.07, 6.45) is 32.6. The van der Waals surface area contributed by atoms with Crippen molar-refractivity contribution in [2.75, 3.05) is 21.1 Å². The van der Waals surface area contributed by atoms with Crippen molar-refractivity contribution in [3.8, 4) is 0 Å². The maximum absolute atomic E-state index is 12.1. The number of hydrogen-bond donors (Lipinski definition) is 0. The Bertz CT molecular complexity index is 526. The monoisotopic (exact) mass is 496 g/mol. The van der Waals surface area contributed by atoms with Crippen LogP contribution in [0.3, 0.4) is 0 Å². The number of hydrogen-bond acceptors (Lipinski definition) is 2. The van der Waals surface area contributed by atoms with Crippen LogP contribution in [0.2, 0.25) is 0 Å². The van der Waals surface area contributed by atoms with Crippen LogP contribution in [-0.2, 0) is 4.57 Å². The Kier molecular flexibility index (Phi) is 21.4. The molecule has 0 aromatic rings. The summed E-state index contributed by atoms with van der Waals surface area (Å²) in [5, 5.41) is -0.594. The fraction of sp³-hybridized carbons (Fsp3) is 0.867. The van der Waals surface area contributed by atoms with E-state index in [9.17, 15) is 9.46 Å². The standard InChI is InChI=1S/C30H59NO2P/c1-6-8-9-10-11-12-13-14-15-16-17-18-19-20-21-22-23-24-25-26-27-29-30(28-7-2,34(32)33)31(3,4)5/h6,17-18H,1,7-16,19-29H2,2-5H3/q+1/b18-17-. The summed E-state index contributed by atoms with van der Waals surface area (Å²) in [7, 11) is 3.67. The molecule has 0 aliphatic carbocycles. The van der Waals surface area contributed by atoms with Crippen LogP contribution in [0.1, 0.15) is 142 Å². The van der Waals surface area contributed by atoms with Crippen molar-refractivity contribution in [3.63, 3.8) is 0 Å². The van der Waals surface area contributed by atoms with Crippen molar-refractivity contribution in [3.05, 3.63) is 24.8 Å². The van der Waals surface area contributed by atoms with Gasteiger partial charge in [-0.25, -0.2) is 0 Å². The predicted octanol–water partition coefficient (Wildman–Crippen LogP) is 9.45. The highest BCUT2D eigenvalue weighted by Crippen LogP contribution is 2.45. The molecule has 0 fully saturated rings. The fourth-order valence-electron chi connectivity index (χ4n) is 5.03. The van der Waals surface area contributed by atoms with E-state index in [1.807, 2.05) is 27.2 Å².